The predicted molar refractivity (Wildman–Crippen MR) is 91.3 cm³/mol. The second kappa shape index (κ2) is 6.60. The Morgan fingerprint density at radius 3 is 2.57 bits per heavy atom. The van der Waals surface area contributed by atoms with Crippen LogP contribution in [0.1, 0.15) is 5.82 Å². The summed E-state index contributed by atoms with van der Waals surface area (Å²) < 4.78 is 48.4. The Bertz CT molecular complexity index is 1220. The number of hydrogen-bond donors (Lipinski definition) is 0. The van der Waals surface area contributed by atoms with Gasteiger partial charge < -0.3 is 9.47 Å². The van der Waals surface area contributed by atoms with E-state index in [-0.39, 0.29) is 17.7 Å². The van der Waals surface area contributed by atoms with Gasteiger partial charge in [0.1, 0.15) is 12.4 Å². The summed E-state index contributed by atoms with van der Waals surface area (Å²) in [5.41, 5.74) is 0.471. The Morgan fingerprint density at radius 1 is 1.14 bits per heavy atom. The van der Waals surface area contributed by atoms with E-state index in [0.717, 1.165) is 12.1 Å². The number of methoxy groups -OCH3 is 1. The third-order valence-corrected chi connectivity index (χ3v) is 3.90. The molecule has 0 atom stereocenters. The van der Waals surface area contributed by atoms with Gasteiger partial charge in [0.05, 0.1) is 10.9 Å². The van der Waals surface area contributed by atoms with Crippen LogP contribution in [0.4, 0.5) is 13.2 Å². The van der Waals surface area contributed by atoms with Gasteiger partial charge in [0.25, 0.3) is 11.3 Å². The summed E-state index contributed by atoms with van der Waals surface area (Å²) in [6.45, 7) is 0.203. The first-order valence-corrected chi connectivity index (χ1v) is 7.97. The number of hydrogen-bond acceptors (Lipinski definition) is 6. The quantitative estimate of drug-likeness (QED) is 0.532. The molecule has 4 aromatic rings. The fourth-order valence-electron chi connectivity index (χ4n) is 2.76. The van der Waals surface area contributed by atoms with Crippen molar-refractivity contribution >= 4 is 16.7 Å². The molecule has 4 rings (SSSR count). The number of ether oxygens (including phenoxy) is 2. The zero-order valence-electron chi connectivity index (χ0n) is 14.3. The van der Waals surface area contributed by atoms with Gasteiger partial charge >= 0.3 is 6.36 Å². The molecule has 11 heteroatoms. The monoisotopic (exact) mass is 391 g/mol. The van der Waals surface area contributed by atoms with Crippen LogP contribution in [0.15, 0.2) is 47.5 Å². The zero-order valence-corrected chi connectivity index (χ0v) is 14.3. The number of pyridine rings is 1. The molecular weight excluding hydrogens is 379 g/mol. The van der Waals surface area contributed by atoms with Gasteiger partial charge in [-0.3, -0.25) is 9.36 Å². The van der Waals surface area contributed by atoms with E-state index >= 15 is 0 Å². The van der Waals surface area contributed by atoms with Crippen molar-refractivity contribution < 1.29 is 22.6 Å². The molecule has 0 N–H and O–H groups in total. The predicted octanol–water partition coefficient (Wildman–Crippen LogP) is 2.47. The highest BCUT2D eigenvalue weighted by Gasteiger charge is 2.31. The maximum atomic E-state index is 12.8. The van der Waals surface area contributed by atoms with Crippen LogP contribution in [0.2, 0.25) is 0 Å². The lowest BCUT2D eigenvalue weighted by Crippen LogP contribution is -2.19. The van der Waals surface area contributed by atoms with E-state index in [1.165, 1.54) is 40.7 Å². The third kappa shape index (κ3) is 3.27. The summed E-state index contributed by atoms with van der Waals surface area (Å²) in [5, 5.41) is 4.54. The van der Waals surface area contributed by atoms with Crippen LogP contribution in [0.5, 0.6) is 5.75 Å². The Hall–Kier alpha value is -3.47. The number of fused-ring (bicyclic) bond motifs is 3. The molecule has 0 saturated heterocycles. The van der Waals surface area contributed by atoms with E-state index in [9.17, 15) is 18.0 Å². The minimum absolute atomic E-state index is 0.203. The van der Waals surface area contributed by atoms with Gasteiger partial charge in [-0.25, -0.2) is 4.98 Å². The molecule has 0 amide bonds. The minimum atomic E-state index is -4.78. The van der Waals surface area contributed by atoms with Crippen molar-refractivity contribution in [1.82, 2.24) is 24.1 Å². The lowest BCUT2D eigenvalue weighted by atomic mass is 10.2. The first-order valence-electron chi connectivity index (χ1n) is 7.97. The van der Waals surface area contributed by atoms with E-state index in [1.54, 1.807) is 6.07 Å². The fourth-order valence-corrected chi connectivity index (χ4v) is 2.76. The van der Waals surface area contributed by atoms with Crippen molar-refractivity contribution in [1.29, 1.82) is 0 Å². The Balaban J connectivity index is 1.77. The number of benzene rings is 1. The standard InChI is InChI=1S/C17H12F3N5O3/c1-27-9-14-22-16-21-8-12-13(25(16)23-14)6-7-24(15(12)26)10-2-4-11(5-3-10)28-17(18,19)20/h2-8H,9H2,1H3. The average molecular weight is 391 g/mol. The molecule has 0 bridgehead atoms. The van der Waals surface area contributed by atoms with E-state index in [1.807, 2.05) is 0 Å². The van der Waals surface area contributed by atoms with Crippen LogP contribution < -0.4 is 10.3 Å². The Kier molecular flexibility index (Phi) is 4.23. The van der Waals surface area contributed by atoms with Crippen molar-refractivity contribution in [2.45, 2.75) is 13.0 Å². The summed E-state index contributed by atoms with van der Waals surface area (Å²) in [6.07, 6.45) is -1.89. The largest absolute Gasteiger partial charge is 0.573 e. The molecule has 0 fully saturated rings. The molecule has 0 unspecified atom stereocenters. The highest BCUT2D eigenvalue weighted by Crippen LogP contribution is 2.23. The smallest absolute Gasteiger partial charge is 0.406 e. The van der Waals surface area contributed by atoms with E-state index < -0.39 is 11.9 Å². The molecule has 0 saturated carbocycles. The summed E-state index contributed by atoms with van der Waals surface area (Å²) in [7, 11) is 1.51. The summed E-state index contributed by atoms with van der Waals surface area (Å²) in [4.78, 5) is 21.2. The van der Waals surface area contributed by atoms with Gasteiger partial charge in [0.15, 0.2) is 5.82 Å². The van der Waals surface area contributed by atoms with Crippen LogP contribution in [0.25, 0.3) is 22.4 Å². The van der Waals surface area contributed by atoms with E-state index in [2.05, 4.69) is 19.8 Å². The second-order valence-electron chi connectivity index (χ2n) is 5.76. The van der Waals surface area contributed by atoms with Gasteiger partial charge in [-0.15, -0.1) is 18.3 Å². The van der Waals surface area contributed by atoms with Crippen molar-refractivity contribution in [3.63, 3.8) is 0 Å². The number of alkyl halides is 3. The summed E-state index contributed by atoms with van der Waals surface area (Å²) in [6, 6.07) is 6.63. The first kappa shape index (κ1) is 17.9. The second-order valence-corrected chi connectivity index (χ2v) is 5.76. The molecule has 0 aliphatic carbocycles. The van der Waals surface area contributed by atoms with Gasteiger partial charge in [0.2, 0.25) is 0 Å². The molecule has 3 heterocycles. The van der Waals surface area contributed by atoms with Crippen LogP contribution in [-0.2, 0) is 11.3 Å². The molecule has 0 aliphatic rings. The minimum Gasteiger partial charge on any atom is -0.406 e. The normalized spacial score (nSPS) is 12.0. The molecule has 28 heavy (non-hydrogen) atoms. The number of halogens is 3. The maximum absolute atomic E-state index is 12.8. The SMILES string of the molecule is COCc1nc2ncc3c(=O)n(-c4ccc(OC(F)(F)F)cc4)ccc3n2n1. The lowest BCUT2D eigenvalue weighted by Gasteiger charge is -2.11. The average Bonchev–Trinajstić information content (AvgIpc) is 3.05. The first-order chi connectivity index (χ1) is 13.4. The highest BCUT2D eigenvalue weighted by atomic mass is 19.4. The fraction of sp³-hybridized carbons (Fsp3) is 0.176. The molecule has 8 nitrogen and oxygen atoms in total. The van der Waals surface area contributed by atoms with Crippen molar-refractivity contribution in [3.8, 4) is 11.4 Å². The topological polar surface area (TPSA) is 83.5 Å². The van der Waals surface area contributed by atoms with Gasteiger partial charge in [-0.2, -0.15) is 9.50 Å². The van der Waals surface area contributed by atoms with Crippen molar-refractivity contribution in [3.05, 3.63) is 58.9 Å². The molecule has 0 spiro atoms. The van der Waals surface area contributed by atoms with Crippen LogP contribution >= 0.6 is 0 Å². The van der Waals surface area contributed by atoms with Crippen molar-refractivity contribution in [2.75, 3.05) is 7.11 Å². The van der Waals surface area contributed by atoms with Gasteiger partial charge in [0, 0.05) is 25.2 Å². The third-order valence-electron chi connectivity index (χ3n) is 3.90. The Morgan fingerprint density at radius 2 is 1.89 bits per heavy atom. The Labute approximate surface area is 154 Å². The number of rotatable bonds is 4. The van der Waals surface area contributed by atoms with Crippen molar-refractivity contribution in [2.24, 2.45) is 0 Å². The highest BCUT2D eigenvalue weighted by molar-refractivity contribution is 5.78. The van der Waals surface area contributed by atoms with Crippen LogP contribution in [0, 0.1) is 0 Å². The van der Waals surface area contributed by atoms with E-state index in [0.29, 0.717) is 22.8 Å². The zero-order chi connectivity index (χ0) is 19.9. The van der Waals surface area contributed by atoms with Crippen LogP contribution in [0.3, 0.4) is 0 Å². The number of aromatic nitrogens is 5. The molecule has 1 aromatic carbocycles. The molecule has 0 aliphatic heterocycles. The molecule has 0 radical (unpaired) electrons. The lowest BCUT2D eigenvalue weighted by molar-refractivity contribution is -0.274. The van der Waals surface area contributed by atoms with Crippen LogP contribution in [-0.4, -0.2) is 37.6 Å². The molecule has 144 valence electrons. The van der Waals surface area contributed by atoms with Gasteiger partial charge in [-0.05, 0) is 30.3 Å². The molecule has 3 aromatic heterocycles. The summed E-state index contributed by atoms with van der Waals surface area (Å²) >= 11 is 0. The number of nitrogens with zero attached hydrogens (tertiary/aromatic N) is 5. The maximum Gasteiger partial charge on any atom is 0.573 e. The molecular formula is C17H12F3N5O3. The van der Waals surface area contributed by atoms with Gasteiger partial charge in [-0.1, -0.05) is 0 Å². The summed E-state index contributed by atoms with van der Waals surface area (Å²) in [5.74, 6) is 0.374. The van der Waals surface area contributed by atoms with E-state index in [4.69, 9.17) is 4.74 Å².